The predicted octanol–water partition coefficient (Wildman–Crippen LogP) is 1.96. The van der Waals surface area contributed by atoms with Crippen molar-refractivity contribution in [1.29, 1.82) is 0 Å². The van der Waals surface area contributed by atoms with Gasteiger partial charge >= 0.3 is 12.2 Å². The molecule has 13 heteroatoms. The zero-order chi connectivity index (χ0) is 15.0. The number of rotatable bonds is 3. The zero-order valence-electron chi connectivity index (χ0n) is 8.31. The summed E-state index contributed by atoms with van der Waals surface area (Å²) in [6.45, 7) is 0. The molecule has 0 bridgehead atoms. The average molecular weight is 325 g/mol. The minimum atomic E-state index is -5.34. The fraction of sp³-hybridized carbons (Fsp3) is 0.167. The van der Waals surface area contributed by atoms with Crippen molar-refractivity contribution in [1.82, 2.24) is 4.98 Å². The maximum Gasteiger partial charge on any atom is 0.573 e. The van der Waals surface area contributed by atoms with Crippen LogP contribution >= 0.6 is 10.7 Å². The predicted molar refractivity (Wildman–Crippen MR) is 50.6 cm³/mol. The lowest BCUT2D eigenvalue weighted by Gasteiger charge is -2.09. The fourth-order valence-corrected chi connectivity index (χ4v) is 2.06. The van der Waals surface area contributed by atoms with E-state index in [1.54, 1.807) is 0 Å². The summed E-state index contributed by atoms with van der Waals surface area (Å²) in [5, 5.41) is 10.4. The highest BCUT2D eigenvalue weighted by molar-refractivity contribution is 8.13. The van der Waals surface area contributed by atoms with Crippen LogP contribution in [0.2, 0.25) is 0 Å². The van der Waals surface area contributed by atoms with Gasteiger partial charge in [-0.15, -0.1) is 13.2 Å². The smallest absolute Gasteiger partial charge is 0.399 e. The van der Waals surface area contributed by atoms with Gasteiger partial charge in [0.25, 0.3) is 9.05 Å². The van der Waals surface area contributed by atoms with Gasteiger partial charge in [-0.3, -0.25) is 0 Å². The van der Waals surface area contributed by atoms with E-state index in [0.717, 1.165) is 0 Å². The SMILES string of the molecule is O=[N+]([O-])c1ncc(OC(F)(F)F)c(F)c1S(=O)(=O)Cl. The molecule has 0 unspecified atom stereocenters. The van der Waals surface area contributed by atoms with Crippen LogP contribution < -0.4 is 4.74 Å². The zero-order valence-corrected chi connectivity index (χ0v) is 9.88. The molecule has 7 nitrogen and oxygen atoms in total. The molecule has 1 heterocycles. The molecule has 0 spiro atoms. The first-order valence-electron chi connectivity index (χ1n) is 3.97. The van der Waals surface area contributed by atoms with Crippen LogP contribution in [-0.4, -0.2) is 24.7 Å². The van der Waals surface area contributed by atoms with Crippen LogP contribution in [0, 0.1) is 15.9 Å². The van der Waals surface area contributed by atoms with E-state index in [-0.39, 0.29) is 6.20 Å². The molecule has 1 rings (SSSR count). The highest BCUT2D eigenvalue weighted by atomic mass is 35.7. The van der Waals surface area contributed by atoms with Crippen molar-refractivity contribution in [2.24, 2.45) is 0 Å². The van der Waals surface area contributed by atoms with Gasteiger partial charge in [0, 0.05) is 10.7 Å². The topological polar surface area (TPSA) is 99.4 Å². The minimum absolute atomic E-state index is 0.0204. The Morgan fingerprint density at radius 2 is 1.95 bits per heavy atom. The molecule has 0 N–H and O–H groups in total. The van der Waals surface area contributed by atoms with E-state index in [2.05, 4.69) is 9.72 Å². The Hall–Kier alpha value is -1.69. The average Bonchev–Trinajstić information content (AvgIpc) is 2.16. The van der Waals surface area contributed by atoms with Crippen LogP contribution in [0.3, 0.4) is 0 Å². The molecule has 106 valence electrons. The summed E-state index contributed by atoms with van der Waals surface area (Å²) in [4.78, 5) is 9.94. The first kappa shape index (κ1) is 15.4. The summed E-state index contributed by atoms with van der Waals surface area (Å²) in [5.41, 5.74) is 0. The number of hydrogen-bond acceptors (Lipinski definition) is 6. The van der Waals surface area contributed by atoms with Crippen LogP contribution in [0.1, 0.15) is 0 Å². The van der Waals surface area contributed by atoms with Crippen molar-refractivity contribution in [2.45, 2.75) is 11.3 Å². The lowest BCUT2D eigenvalue weighted by Crippen LogP contribution is -2.19. The van der Waals surface area contributed by atoms with E-state index in [9.17, 15) is 36.1 Å². The van der Waals surface area contributed by atoms with Gasteiger partial charge in [-0.2, -0.15) is 0 Å². The van der Waals surface area contributed by atoms with Crippen molar-refractivity contribution < 1.29 is 35.6 Å². The highest BCUT2D eigenvalue weighted by Gasteiger charge is 2.38. The normalized spacial score (nSPS) is 12.3. The largest absolute Gasteiger partial charge is 0.573 e. The molecule has 0 aromatic carbocycles. The first-order valence-corrected chi connectivity index (χ1v) is 6.27. The van der Waals surface area contributed by atoms with Crippen molar-refractivity contribution in [2.75, 3.05) is 0 Å². The Morgan fingerprint density at radius 1 is 1.42 bits per heavy atom. The second-order valence-electron chi connectivity index (χ2n) is 2.83. The summed E-state index contributed by atoms with van der Waals surface area (Å²) in [5.74, 6) is -5.37. The highest BCUT2D eigenvalue weighted by Crippen LogP contribution is 2.34. The molecule has 0 aliphatic carbocycles. The van der Waals surface area contributed by atoms with Gasteiger partial charge in [0.1, 0.15) is 0 Å². The second kappa shape index (κ2) is 4.77. The van der Waals surface area contributed by atoms with Gasteiger partial charge in [-0.05, 0) is 9.91 Å². The van der Waals surface area contributed by atoms with Crippen molar-refractivity contribution in [3.63, 3.8) is 0 Å². The summed E-state index contributed by atoms with van der Waals surface area (Å²) in [6.07, 6.45) is -5.32. The van der Waals surface area contributed by atoms with Crippen LogP contribution in [0.15, 0.2) is 11.1 Å². The Morgan fingerprint density at radius 3 is 2.32 bits per heavy atom. The number of hydrogen-bond donors (Lipinski definition) is 0. The van der Waals surface area contributed by atoms with Crippen molar-refractivity contribution in [3.8, 4) is 5.75 Å². The lowest BCUT2D eigenvalue weighted by molar-refractivity contribution is -0.393. The summed E-state index contributed by atoms with van der Waals surface area (Å²) in [6, 6.07) is 0. The Bertz CT molecular complexity index is 631. The van der Waals surface area contributed by atoms with Gasteiger partial charge in [-0.1, -0.05) is 0 Å². The monoisotopic (exact) mass is 324 g/mol. The molecule has 0 fully saturated rings. The van der Waals surface area contributed by atoms with Crippen LogP contribution in [0.25, 0.3) is 0 Å². The van der Waals surface area contributed by atoms with Gasteiger partial charge in [0.2, 0.25) is 10.6 Å². The number of ether oxygens (including phenoxy) is 1. The number of halogens is 5. The van der Waals surface area contributed by atoms with E-state index in [1.807, 2.05) is 0 Å². The molecule has 1 aromatic rings. The number of nitrogens with zero attached hydrogens (tertiary/aromatic N) is 2. The van der Waals surface area contributed by atoms with Gasteiger partial charge in [0.05, 0.1) is 0 Å². The van der Waals surface area contributed by atoms with Gasteiger partial charge in [-0.25, -0.2) is 12.8 Å². The van der Waals surface area contributed by atoms with E-state index < -0.39 is 42.6 Å². The molecule has 0 aliphatic rings. The Balaban J connectivity index is 3.56. The van der Waals surface area contributed by atoms with E-state index in [0.29, 0.717) is 0 Å². The third-order valence-electron chi connectivity index (χ3n) is 1.57. The standard InChI is InChI=1S/C6HClF4N2O5S/c7-19(16,17)4-3(8)2(18-6(9,10)11)1-12-5(4)13(14)15/h1H. The van der Waals surface area contributed by atoms with Gasteiger partial charge < -0.3 is 14.9 Å². The second-order valence-corrected chi connectivity index (χ2v) is 5.33. The number of pyridine rings is 1. The number of aromatic nitrogens is 1. The molecule has 0 amide bonds. The van der Waals surface area contributed by atoms with Crippen LogP contribution in [0.5, 0.6) is 5.75 Å². The fourth-order valence-electron chi connectivity index (χ4n) is 0.987. The molecule has 1 aromatic heterocycles. The minimum Gasteiger partial charge on any atom is -0.399 e. The maximum atomic E-state index is 13.5. The molecular formula is C6HClF4N2O5S. The molecule has 19 heavy (non-hydrogen) atoms. The molecular weight excluding hydrogens is 324 g/mol. The van der Waals surface area contributed by atoms with Crippen molar-refractivity contribution >= 4 is 25.6 Å². The van der Waals surface area contributed by atoms with E-state index >= 15 is 0 Å². The molecule has 0 saturated heterocycles. The number of alkyl halides is 3. The van der Waals surface area contributed by atoms with Crippen LogP contribution in [0.4, 0.5) is 23.4 Å². The quantitative estimate of drug-likeness (QED) is 0.365. The first-order chi connectivity index (χ1) is 8.43. The summed E-state index contributed by atoms with van der Waals surface area (Å²) < 4.78 is 74.1. The van der Waals surface area contributed by atoms with E-state index in [4.69, 9.17) is 10.7 Å². The van der Waals surface area contributed by atoms with E-state index in [1.165, 1.54) is 0 Å². The Labute approximate surface area is 106 Å². The summed E-state index contributed by atoms with van der Waals surface area (Å²) >= 11 is 0. The van der Waals surface area contributed by atoms with Crippen LogP contribution in [-0.2, 0) is 9.05 Å². The molecule has 0 saturated carbocycles. The van der Waals surface area contributed by atoms with Crippen molar-refractivity contribution in [3.05, 3.63) is 22.1 Å². The third kappa shape index (κ3) is 3.64. The molecule has 0 radical (unpaired) electrons. The lowest BCUT2D eigenvalue weighted by atomic mass is 10.4. The van der Waals surface area contributed by atoms with Gasteiger partial charge in [0.15, 0.2) is 12.0 Å². The number of nitro groups is 1. The maximum absolute atomic E-state index is 13.5. The molecule has 0 aliphatic heterocycles. The third-order valence-corrected chi connectivity index (χ3v) is 2.88. The molecule has 0 atom stereocenters. The summed E-state index contributed by atoms with van der Waals surface area (Å²) in [7, 11) is -0.334. The Kier molecular flexibility index (Phi) is 3.86.